The summed E-state index contributed by atoms with van der Waals surface area (Å²) in [4.78, 5) is 35.0. The predicted octanol–water partition coefficient (Wildman–Crippen LogP) is -1.21. The van der Waals surface area contributed by atoms with Crippen LogP contribution < -0.4 is 10.6 Å². The first-order chi connectivity index (χ1) is 8.50. The Morgan fingerprint density at radius 1 is 1.28 bits per heavy atom. The van der Waals surface area contributed by atoms with Gasteiger partial charge in [-0.05, 0) is 12.8 Å². The molecule has 0 spiro atoms. The lowest BCUT2D eigenvalue weighted by molar-refractivity contribution is -0.141. The summed E-state index contributed by atoms with van der Waals surface area (Å²) >= 11 is 0. The number of carboxylic acid groups (broad SMARTS) is 1. The molecule has 18 heavy (non-hydrogen) atoms. The Morgan fingerprint density at radius 2 is 1.89 bits per heavy atom. The molecule has 0 aliphatic carbocycles. The fourth-order valence-electron chi connectivity index (χ4n) is 1.85. The van der Waals surface area contributed by atoms with Crippen LogP contribution in [0.5, 0.6) is 0 Å². The number of amides is 2. The van der Waals surface area contributed by atoms with Gasteiger partial charge in [0.15, 0.2) is 0 Å². The molecule has 0 aromatic heterocycles. The van der Waals surface area contributed by atoms with Gasteiger partial charge in [0.2, 0.25) is 11.8 Å². The summed E-state index contributed by atoms with van der Waals surface area (Å²) in [5.74, 6) is -1.55. The van der Waals surface area contributed by atoms with Crippen molar-refractivity contribution >= 4 is 17.8 Å². The van der Waals surface area contributed by atoms with Crippen molar-refractivity contribution in [3.8, 4) is 0 Å². The zero-order chi connectivity index (χ0) is 13.5. The minimum absolute atomic E-state index is 0.0283. The smallest absolute Gasteiger partial charge is 0.327 e. The van der Waals surface area contributed by atoms with E-state index >= 15 is 0 Å². The third kappa shape index (κ3) is 4.70. The van der Waals surface area contributed by atoms with E-state index in [1.54, 1.807) is 4.90 Å². The van der Waals surface area contributed by atoms with Gasteiger partial charge in [0.25, 0.3) is 0 Å². The molecule has 1 aliphatic rings. The van der Waals surface area contributed by atoms with E-state index in [1.165, 1.54) is 6.92 Å². The Kier molecular flexibility index (Phi) is 5.57. The second-order valence-corrected chi connectivity index (χ2v) is 4.31. The molecule has 1 atom stereocenters. The second kappa shape index (κ2) is 6.95. The highest BCUT2D eigenvalue weighted by molar-refractivity contribution is 5.82. The molecule has 1 fully saturated rings. The van der Waals surface area contributed by atoms with Crippen molar-refractivity contribution in [1.82, 2.24) is 15.5 Å². The van der Waals surface area contributed by atoms with Gasteiger partial charge in [-0.3, -0.25) is 9.59 Å². The van der Waals surface area contributed by atoms with Gasteiger partial charge >= 0.3 is 5.97 Å². The van der Waals surface area contributed by atoms with Gasteiger partial charge in [0, 0.05) is 26.6 Å². The van der Waals surface area contributed by atoms with E-state index < -0.39 is 17.9 Å². The molecular weight excluding hydrogens is 238 g/mol. The van der Waals surface area contributed by atoms with Crippen LogP contribution in [0.4, 0.5) is 0 Å². The highest BCUT2D eigenvalue weighted by Crippen LogP contribution is 2.06. The molecular formula is C11H19N3O4. The Bertz CT molecular complexity index is 326. The van der Waals surface area contributed by atoms with E-state index in [9.17, 15) is 14.4 Å². The number of nitrogens with one attached hydrogen (secondary N) is 2. The maximum atomic E-state index is 11.6. The average molecular weight is 257 g/mol. The number of hydrogen-bond acceptors (Lipinski definition) is 4. The third-order valence-corrected chi connectivity index (χ3v) is 2.76. The monoisotopic (exact) mass is 257 g/mol. The summed E-state index contributed by atoms with van der Waals surface area (Å²) < 4.78 is 0. The first-order valence-corrected chi connectivity index (χ1v) is 5.99. The van der Waals surface area contributed by atoms with E-state index in [-0.39, 0.29) is 19.0 Å². The van der Waals surface area contributed by atoms with Crippen LogP contribution >= 0.6 is 0 Å². The van der Waals surface area contributed by atoms with Crippen molar-refractivity contribution in [1.29, 1.82) is 0 Å². The third-order valence-electron chi connectivity index (χ3n) is 2.76. The summed E-state index contributed by atoms with van der Waals surface area (Å²) in [7, 11) is 0. The lowest BCUT2D eigenvalue weighted by atomic mass is 10.3. The van der Waals surface area contributed by atoms with Gasteiger partial charge in [-0.25, -0.2) is 4.79 Å². The van der Waals surface area contributed by atoms with Crippen molar-refractivity contribution in [2.24, 2.45) is 0 Å². The van der Waals surface area contributed by atoms with E-state index in [4.69, 9.17) is 5.11 Å². The van der Waals surface area contributed by atoms with Crippen LogP contribution in [0.1, 0.15) is 19.8 Å². The first kappa shape index (κ1) is 14.4. The molecule has 0 radical (unpaired) electrons. The molecule has 7 heteroatoms. The molecule has 1 unspecified atom stereocenters. The van der Waals surface area contributed by atoms with Gasteiger partial charge < -0.3 is 20.6 Å². The normalized spacial score (nSPS) is 16.4. The summed E-state index contributed by atoms with van der Waals surface area (Å²) in [6.45, 7) is 2.94. The van der Waals surface area contributed by atoms with Gasteiger partial charge in [0.05, 0.1) is 6.54 Å². The fraction of sp³-hybridized carbons (Fsp3) is 0.727. The maximum Gasteiger partial charge on any atom is 0.327 e. The van der Waals surface area contributed by atoms with Crippen LogP contribution in [0.2, 0.25) is 0 Å². The minimum Gasteiger partial charge on any atom is -0.480 e. The fourth-order valence-corrected chi connectivity index (χ4v) is 1.85. The molecule has 0 bridgehead atoms. The Morgan fingerprint density at radius 3 is 2.39 bits per heavy atom. The topological polar surface area (TPSA) is 98.7 Å². The number of carbonyl (C=O) groups is 3. The second-order valence-electron chi connectivity index (χ2n) is 4.31. The molecule has 1 aliphatic heterocycles. The van der Waals surface area contributed by atoms with Gasteiger partial charge in [-0.1, -0.05) is 0 Å². The molecule has 0 saturated carbocycles. The number of carboxylic acids is 1. The van der Waals surface area contributed by atoms with Gasteiger partial charge in [-0.15, -0.1) is 0 Å². The summed E-state index contributed by atoms with van der Waals surface area (Å²) in [6, 6.07) is -1.01. The van der Waals surface area contributed by atoms with E-state index in [0.717, 1.165) is 25.9 Å². The molecule has 1 saturated heterocycles. The van der Waals surface area contributed by atoms with Crippen molar-refractivity contribution in [3.05, 3.63) is 0 Å². The highest BCUT2D eigenvalue weighted by Gasteiger charge is 2.20. The SMILES string of the molecule is CC(=O)NC(CNCC(=O)N1CCCC1)C(=O)O. The first-order valence-electron chi connectivity index (χ1n) is 5.99. The van der Waals surface area contributed by atoms with E-state index in [2.05, 4.69) is 10.6 Å². The summed E-state index contributed by atoms with van der Waals surface area (Å²) in [6.07, 6.45) is 2.05. The zero-order valence-electron chi connectivity index (χ0n) is 10.4. The molecule has 2 amide bonds. The van der Waals surface area contributed by atoms with Crippen LogP contribution in [0.3, 0.4) is 0 Å². The van der Waals surface area contributed by atoms with Gasteiger partial charge in [0.1, 0.15) is 6.04 Å². The van der Waals surface area contributed by atoms with Crippen LogP contribution in [-0.2, 0) is 14.4 Å². The van der Waals surface area contributed by atoms with Crippen LogP contribution in [0.25, 0.3) is 0 Å². The summed E-state index contributed by atoms with van der Waals surface area (Å²) in [5.41, 5.74) is 0. The van der Waals surface area contributed by atoms with E-state index in [1.807, 2.05) is 0 Å². The quantitative estimate of drug-likeness (QED) is 0.554. The Balaban J connectivity index is 2.27. The molecule has 0 aromatic carbocycles. The maximum absolute atomic E-state index is 11.6. The standard InChI is InChI=1S/C11H19N3O4/c1-8(15)13-9(11(17)18)6-12-7-10(16)14-4-2-3-5-14/h9,12H,2-7H2,1H3,(H,13,15)(H,17,18). The Labute approximate surface area is 106 Å². The molecule has 3 N–H and O–H groups in total. The molecule has 0 aromatic rings. The zero-order valence-corrected chi connectivity index (χ0v) is 10.4. The molecule has 7 nitrogen and oxygen atoms in total. The molecule has 1 heterocycles. The summed E-state index contributed by atoms with van der Waals surface area (Å²) in [5, 5.41) is 13.9. The van der Waals surface area contributed by atoms with Crippen LogP contribution in [0, 0.1) is 0 Å². The lowest BCUT2D eigenvalue weighted by Gasteiger charge is -2.17. The lowest BCUT2D eigenvalue weighted by Crippen LogP contribution is -2.48. The van der Waals surface area contributed by atoms with Crippen molar-refractivity contribution in [3.63, 3.8) is 0 Å². The average Bonchev–Trinajstić information content (AvgIpc) is 2.80. The van der Waals surface area contributed by atoms with Crippen molar-refractivity contribution in [2.75, 3.05) is 26.2 Å². The minimum atomic E-state index is -1.12. The number of aliphatic carboxylic acids is 1. The number of nitrogens with zero attached hydrogens (tertiary/aromatic N) is 1. The van der Waals surface area contributed by atoms with E-state index in [0.29, 0.717) is 0 Å². The molecule has 102 valence electrons. The van der Waals surface area contributed by atoms with Crippen LogP contribution in [0.15, 0.2) is 0 Å². The highest BCUT2D eigenvalue weighted by atomic mass is 16.4. The number of carbonyl (C=O) groups excluding carboxylic acids is 2. The number of likely N-dealkylation sites (tertiary alicyclic amines) is 1. The van der Waals surface area contributed by atoms with Crippen molar-refractivity contribution < 1.29 is 19.5 Å². The largest absolute Gasteiger partial charge is 0.480 e. The molecule has 1 rings (SSSR count). The Hall–Kier alpha value is -1.63. The van der Waals surface area contributed by atoms with Crippen molar-refractivity contribution in [2.45, 2.75) is 25.8 Å². The van der Waals surface area contributed by atoms with Crippen LogP contribution in [-0.4, -0.2) is 60.0 Å². The van der Waals surface area contributed by atoms with Gasteiger partial charge in [-0.2, -0.15) is 0 Å². The number of rotatable bonds is 6. The predicted molar refractivity (Wildman–Crippen MR) is 63.9 cm³/mol. The number of hydrogen-bond donors (Lipinski definition) is 3.